The van der Waals surface area contributed by atoms with E-state index >= 15 is 0 Å². The summed E-state index contributed by atoms with van der Waals surface area (Å²) in [7, 11) is -3.46. The van der Waals surface area contributed by atoms with Gasteiger partial charge >= 0.3 is 5.69 Å². The maximum Gasteiger partial charge on any atom is 0.340 e. The number of piperidine rings is 1. The molecular weight excluding hydrogens is 298 g/mol. The maximum absolute atomic E-state index is 12.4. The van der Waals surface area contributed by atoms with Crippen molar-refractivity contribution in [3.63, 3.8) is 0 Å². The number of sulfonamides is 1. The molecular formula is C11H15N5O4S. The van der Waals surface area contributed by atoms with Gasteiger partial charge in [0.25, 0.3) is 0 Å². The van der Waals surface area contributed by atoms with Gasteiger partial charge in [0.15, 0.2) is 0 Å². The zero-order valence-electron chi connectivity index (χ0n) is 11.2. The minimum atomic E-state index is -3.46. The molecule has 21 heavy (non-hydrogen) atoms. The van der Waals surface area contributed by atoms with E-state index in [1.54, 1.807) is 0 Å². The second-order valence-corrected chi connectivity index (χ2v) is 6.98. The van der Waals surface area contributed by atoms with E-state index in [0.717, 1.165) is 12.8 Å². The van der Waals surface area contributed by atoms with Gasteiger partial charge in [-0.15, -0.1) is 0 Å². The van der Waals surface area contributed by atoms with Crippen molar-refractivity contribution in [2.75, 3.05) is 13.1 Å². The van der Waals surface area contributed by atoms with Crippen LogP contribution in [0.5, 0.6) is 0 Å². The molecule has 1 atom stereocenters. The lowest BCUT2D eigenvalue weighted by atomic mass is 9.99. The summed E-state index contributed by atoms with van der Waals surface area (Å²) in [5, 5.41) is 9.83. The Labute approximate surface area is 120 Å². The fourth-order valence-electron chi connectivity index (χ4n) is 2.48. The van der Waals surface area contributed by atoms with Crippen LogP contribution in [0.2, 0.25) is 0 Å². The number of hydrogen-bond acceptors (Lipinski definition) is 6. The van der Waals surface area contributed by atoms with Crippen molar-refractivity contribution >= 4 is 10.0 Å². The van der Waals surface area contributed by atoms with Gasteiger partial charge in [0.1, 0.15) is 17.8 Å². The molecule has 3 rings (SSSR count). The highest BCUT2D eigenvalue weighted by atomic mass is 32.2. The number of aromatic nitrogens is 4. The van der Waals surface area contributed by atoms with Crippen LogP contribution in [0.1, 0.15) is 30.3 Å². The molecule has 1 fully saturated rings. The summed E-state index contributed by atoms with van der Waals surface area (Å²) in [6.45, 7) is 0.770. The van der Waals surface area contributed by atoms with E-state index in [-0.39, 0.29) is 17.4 Å². The van der Waals surface area contributed by atoms with Gasteiger partial charge in [-0.2, -0.15) is 5.10 Å². The molecule has 10 heteroatoms. The highest BCUT2D eigenvalue weighted by Crippen LogP contribution is 2.26. The van der Waals surface area contributed by atoms with Crippen molar-refractivity contribution in [3.05, 3.63) is 34.3 Å². The molecule has 9 nitrogen and oxygen atoms in total. The Morgan fingerprint density at radius 3 is 3.00 bits per heavy atom. The SMILES string of the molecule is O=c1[nH]nc(C2CCCN(S(=O)(=O)Cc3ccon3)C2)[nH]1. The topological polar surface area (TPSA) is 125 Å². The Balaban J connectivity index is 1.74. The molecule has 3 heterocycles. The average Bonchev–Trinajstić information content (AvgIpc) is 3.10. The van der Waals surface area contributed by atoms with E-state index in [1.807, 2.05) is 0 Å². The molecule has 1 aliphatic heterocycles. The number of hydrogen-bond donors (Lipinski definition) is 2. The normalized spacial score (nSPS) is 20.7. The number of rotatable bonds is 4. The van der Waals surface area contributed by atoms with Gasteiger partial charge in [-0.1, -0.05) is 5.16 Å². The van der Waals surface area contributed by atoms with Gasteiger partial charge < -0.3 is 4.52 Å². The second-order valence-electron chi connectivity index (χ2n) is 5.01. The number of nitrogens with zero attached hydrogens (tertiary/aromatic N) is 3. The van der Waals surface area contributed by atoms with Crippen LogP contribution in [-0.4, -0.2) is 46.2 Å². The largest absolute Gasteiger partial charge is 0.364 e. The predicted molar refractivity (Wildman–Crippen MR) is 71.9 cm³/mol. The first-order valence-electron chi connectivity index (χ1n) is 6.56. The monoisotopic (exact) mass is 313 g/mol. The number of aromatic amines is 2. The molecule has 0 aliphatic carbocycles. The summed E-state index contributed by atoms with van der Waals surface area (Å²) in [6, 6.07) is 1.53. The van der Waals surface area contributed by atoms with Crippen LogP contribution in [-0.2, 0) is 15.8 Å². The van der Waals surface area contributed by atoms with Crippen LogP contribution in [0, 0.1) is 0 Å². The molecule has 2 aromatic heterocycles. The van der Waals surface area contributed by atoms with Gasteiger partial charge in [-0.05, 0) is 12.8 Å². The second kappa shape index (κ2) is 5.45. The van der Waals surface area contributed by atoms with E-state index in [1.165, 1.54) is 16.6 Å². The summed E-state index contributed by atoms with van der Waals surface area (Å²) in [5.74, 6) is 0.207. The van der Waals surface area contributed by atoms with Gasteiger partial charge in [-0.25, -0.2) is 22.6 Å². The molecule has 1 aliphatic rings. The standard InChI is InChI=1S/C11H15N5O4S/c17-11-12-10(13-14-11)8-2-1-4-16(6-8)21(18,19)7-9-3-5-20-15-9/h3,5,8H,1-2,4,6-7H2,(H2,12,13,14,17). The van der Waals surface area contributed by atoms with Crippen molar-refractivity contribution in [3.8, 4) is 0 Å². The van der Waals surface area contributed by atoms with E-state index in [9.17, 15) is 13.2 Å². The molecule has 114 valence electrons. The highest BCUT2D eigenvalue weighted by molar-refractivity contribution is 7.88. The Morgan fingerprint density at radius 1 is 1.48 bits per heavy atom. The summed E-state index contributed by atoms with van der Waals surface area (Å²) < 4.78 is 30.8. The van der Waals surface area contributed by atoms with Crippen LogP contribution in [0.3, 0.4) is 0 Å². The Hall–Kier alpha value is -1.94. The minimum absolute atomic E-state index is 0.107. The van der Waals surface area contributed by atoms with Gasteiger partial charge in [0, 0.05) is 25.1 Å². The third-order valence-corrected chi connectivity index (χ3v) is 5.28. The van der Waals surface area contributed by atoms with Crippen LogP contribution in [0.15, 0.2) is 21.6 Å². The quantitative estimate of drug-likeness (QED) is 0.805. The number of H-pyrrole nitrogens is 2. The Kier molecular flexibility index (Phi) is 3.64. The van der Waals surface area contributed by atoms with E-state index in [0.29, 0.717) is 24.6 Å². The lowest BCUT2D eigenvalue weighted by molar-refractivity contribution is 0.308. The van der Waals surface area contributed by atoms with Crippen molar-refractivity contribution in [1.29, 1.82) is 0 Å². The van der Waals surface area contributed by atoms with E-state index in [4.69, 9.17) is 0 Å². The third-order valence-electron chi connectivity index (χ3n) is 3.51. The zero-order chi connectivity index (χ0) is 14.9. The van der Waals surface area contributed by atoms with Gasteiger partial charge in [0.05, 0.1) is 5.69 Å². The fraction of sp³-hybridized carbons (Fsp3) is 0.545. The van der Waals surface area contributed by atoms with Gasteiger partial charge in [-0.3, -0.25) is 4.98 Å². The van der Waals surface area contributed by atoms with Crippen molar-refractivity contribution < 1.29 is 12.9 Å². The first kappa shape index (κ1) is 14.0. The molecule has 0 saturated carbocycles. The van der Waals surface area contributed by atoms with Crippen LogP contribution >= 0.6 is 0 Å². The molecule has 0 spiro atoms. The number of nitrogens with one attached hydrogen (secondary N) is 2. The molecule has 2 aromatic rings. The van der Waals surface area contributed by atoms with E-state index in [2.05, 4.69) is 24.9 Å². The fourth-order valence-corrected chi connectivity index (χ4v) is 4.00. The van der Waals surface area contributed by atoms with Crippen LogP contribution in [0.25, 0.3) is 0 Å². The van der Waals surface area contributed by atoms with Crippen LogP contribution in [0.4, 0.5) is 0 Å². The molecule has 0 bridgehead atoms. The van der Waals surface area contributed by atoms with Crippen molar-refractivity contribution in [2.45, 2.75) is 24.5 Å². The Morgan fingerprint density at radius 2 is 2.33 bits per heavy atom. The molecule has 0 amide bonds. The predicted octanol–water partition coefficient (Wildman–Crippen LogP) is -0.205. The first-order valence-corrected chi connectivity index (χ1v) is 8.17. The molecule has 0 radical (unpaired) electrons. The summed E-state index contributed by atoms with van der Waals surface area (Å²) in [5.41, 5.74) is -0.00197. The van der Waals surface area contributed by atoms with Crippen LogP contribution < -0.4 is 5.69 Å². The summed E-state index contributed by atoms with van der Waals surface area (Å²) in [6.07, 6.45) is 2.85. The summed E-state index contributed by atoms with van der Waals surface area (Å²) >= 11 is 0. The van der Waals surface area contributed by atoms with E-state index < -0.39 is 10.0 Å². The lowest BCUT2D eigenvalue weighted by Gasteiger charge is -2.30. The molecule has 1 saturated heterocycles. The zero-order valence-corrected chi connectivity index (χ0v) is 12.0. The molecule has 2 N–H and O–H groups in total. The van der Waals surface area contributed by atoms with Gasteiger partial charge in [0.2, 0.25) is 10.0 Å². The minimum Gasteiger partial charge on any atom is -0.364 e. The molecule has 0 aromatic carbocycles. The third kappa shape index (κ3) is 3.05. The smallest absolute Gasteiger partial charge is 0.340 e. The first-order chi connectivity index (χ1) is 10.0. The van der Waals surface area contributed by atoms with Crippen molar-refractivity contribution in [1.82, 2.24) is 24.6 Å². The Bertz CT molecular complexity index is 748. The maximum atomic E-state index is 12.4. The average molecular weight is 313 g/mol. The molecule has 1 unspecified atom stereocenters. The lowest BCUT2D eigenvalue weighted by Crippen LogP contribution is -2.40. The highest BCUT2D eigenvalue weighted by Gasteiger charge is 2.31. The summed E-state index contributed by atoms with van der Waals surface area (Å²) in [4.78, 5) is 13.7. The van der Waals surface area contributed by atoms with Crippen molar-refractivity contribution in [2.24, 2.45) is 0 Å².